The molecule has 0 saturated heterocycles. The van der Waals surface area contributed by atoms with Crippen LogP contribution in [0.15, 0.2) is 48.5 Å². The lowest BCUT2D eigenvalue weighted by Gasteiger charge is -2.29. The molecule has 0 heterocycles. The Kier molecular flexibility index (Phi) is 4.12. The van der Waals surface area contributed by atoms with Gasteiger partial charge in [0.15, 0.2) is 0 Å². The van der Waals surface area contributed by atoms with Crippen molar-refractivity contribution in [3.05, 3.63) is 59.9 Å². The van der Waals surface area contributed by atoms with E-state index in [0.717, 1.165) is 0 Å². The summed E-state index contributed by atoms with van der Waals surface area (Å²) in [6, 6.07) is 12.9. The SMILES string of the molecule is COc1ccc(C(C)(Nc2cccc(F)c2)C(N)=O)cc1. The molecule has 0 bridgehead atoms. The van der Waals surface area contributed by atoms with E-state index in [2.05, 4.69) is 5.32 Å². The zero-order valence-electron chi connectivity index (χ0n) is 11.9. The fourth-order valence-electron chi connectivity index (χ4n) is 2.06. The van der Waals surface area contributed by atoms with Crippen LogP contribution in [0.5, 0.6) is 5.75 Å². The largest absolute Gasteiger partial charge is 0.497 e. The van der Waals surface area contributed by atoms with Gasteiger partial charge in [-0.3, -0.25) is 4.79 Å². The van der Waals surface area contributed by atoms with Crippen LogP contribution in [0.1, 0.15) is 12.5 Å². The second-order valence-electron chi connectivity index (χ2n) is 4.85. The van der Waals surface area contributed by atoms with E-state index in [4.69, 9.17) is 10.5 Å². The van der Waals surface area contributed by atoms with Crippen molar-refractivity contribution in [2.24, 2.45) is 5.73 Å². The van der Waals surface area contributed by atoms with Crippen LogP contribution in [-0.2, 0) is 10.3 Å². The Morgan fingerprint density at radius 3 is 2.43 bits per heavy atom. The maximum absolute atomic E-state index is 13.3. The Hall–Kier alpha value is -2.56. The van der Waals surface area contributed by atoms with Gasteiger partial charge < -0.3 is 15.8 Å². The summed E-state index contributed by atoms with van der Waals surface area (Å²) in [6.07, 6.45) is 0. The summed E-state index contributed by atoms with van der Waals surface area (Å²) in [7, 11) is 1.56. The second kappa shape index (κ2) is 5.83. The second-order valence-corrected chi connectivity index (χ2v) is 4.85. The van der Waals surface area contributed by atoms with E-state index in [1.54, 1.807) is 50.4 Å². The number of anilines is 1. The van der Waals surface area contributed by atoms with Crippen molar-refractivity contribution >= 4 is 11.6 Å². The molecule has 2 rings (SSSR count). The number of ether oxygens (including phenoxy) is 1. The summed E-state index contributed by atoms with van der Waals surface area (Å²) in [4.78, 5) is 11.9. The van der Waals surface area contributed by atoms with Gasteiger partial charge in [0.25, 0.3) is 0 Å². The van der Waals surface area contributed by atoms with E-state index < -0.39 is 11.4 Å². The number of carbonyl (C=O) groups is 1. The van der Waals surface area contributed by atoms with Gasteiger partial charge in [0.05, 0.1) is 7.11 Å². The fourth-order valence-corrected chi connectivity index (χ4v) is 2.06. The summed E-state index contributed by atoms with van der Waals surface area (Å²) in [5.74, 6) is -0.269. The van der Waals surface area contributed by atoms with Gasteiger partial charge >= 0.3 is 0 Å². The first-order valence-corrected chi connectivity index (χ1v) is 6.44. The number of hydrogen-bond acceptors (Lipinski definition) is 3. The highest BCUT2D eigenvalue weighted by atomic mass is 19.1. The van der Waals surface area contributed by atoms with Gasteiger partial charge in [-0.05, 0) is 42.8 Å². The zero-order chi connectivity index (χ0) is 15.5. The summed E-state index contributed by atoms with van der Waals surface area (Å²) in [6.45, 7) is 1.65. The molecule has 110 valence electrons. The number of halogens is 1. The molecule has 0 aliphatic heterocycles. The zero-order valence-corrected chi connectivity index (χ0v) is 11.9. The molecule has 5 heteroatoms. The van der Waals surface area contributed by atoms with Crippen LogP contribution < -0.4 is 15.8 Å². The van der Waals surface area contributed by atoms with Gasteiger partial charge in [-0.2, -0.15) is 0 Å². The number of benzene rings is 2. The third-order valence-corrected chi connectivity index (χ3v) is 3.38. The molecule has 1 unspecified atom stereocenters. The van der Waals surface area contributed by atoms with Crippen molar-refractivity contribution < 1.29 is 13.9 Å². The van der Waals surface area contributed by atoms with Crippen LogP contribution in [0.25, 0.3) is 0 Å². The minimum absolute atomic E-state index is 0.387. The lowest BCUT2D eigenvalue weighted by Crippen LogP contribution is -2.45. The maximum Gasteiger partial charge on any atom is 0.247 e. The normalized spacial score (nSPS) is 13.3. The highest BCUT2D eigenvalue weighted by molar-refractivity contribution is 5.89. The van der Waals surface area contributed by atoms with E-state index in [9.17, 15) is 9.18 Å². The third kappa shape index (κ3) is 3.13. The molecule has 1 amide bonds. The van der Waals surface area contributed by atoms with Crippen LogP contribution in [0.2, 0.25) is 0 Å². The van der Waals surface area contributed by atoms with Crippen molar-refractivity contribution in [1.29, 1.82) is 0 Å². The Balaban J connectivity index is 2.37. The lowest BCUT2D eigenvalue weighted by molar-refractivity contribution is -0.122. The smallest absolute Gasteiger partial charge is 0.247 e. The van der Waals surface area contributed by atoms with Crippen LogP contribution in [0, 0.1) is 5.82 Å². The summed E-state index contributed by atoms with van der Waals surface area (Å²) < 4.78 is 18.4. The molecule has 0 aromatic heterocycles. The maximum atomic E-state index is 13.3. The first kappa shape index (κ1) is 14.8. The van der Waals surface area contributed by atoms with Gasteiger partial charge in [-0.15, -0.1) is 0 Å². The van der Waals surface area contributed by atoms with E-state index >= 15 is 0 Å². The predicted octanol–water partition coefficient (Wildman–Crippen LogP) is 2.65. The van der Waals surface area contributed by atoms with Gasteiger partial charge in [-0.1, -0.05) is 18.2 Å². The van der Waals surface area contributed by atoms with Crippen molar-refractivity contribution in [2.45, 2.75) is 12.5 Å². The molecule has 0 saturated carbocycles. The van der Waals surface area contributed by atoms with Crippen LogP contribution in [-0.4, -0.2) is 13.0 Å². The fraction of sp³-hybridized carbons (Fsp3) is 0.188. The number of primary amides is 1. The van der Waals surface area contributed by atoms with Gasteiger partial charge in [0, 0.05) is 5.69 Å². The Bertz CT molecular complexity index is 643. The van der Waals surface area contributed by atoms with Crippen LogP contribution in [0.3, 0.4) is 0 Å². The number of carbonyl (C=O) groups excluding carboxylic acids is 1. The highest BCUT2D eigenvalue weighted by Crippen LogP contribution is 2.27. The number of amides is 1. The van der Waals surface area contributed by atoms with Crippen LogP contribution >= 0.6 is 0 Å². The average Bonchev–Trinajstić information content (AvgIpc) is 2.47. The number of methoxy groups -OCH3 is 1. The van der Waals surface area contributed by atoms with Gasteiger partial charge in [0.2, 0.25) is 5.91 Å². The van der Waals surface area contributed by atoms with Crippen molar-refractivity contribution in [1.82, 2.24) is 0 Å². The average molecular weight is 288 g/mol. The molecule has 0 spiro atoms. The molecule has 0 radical (unpaired) electrons. The highest BCUT2D eigenvalue weighted by Gasteiger charge is 2.33. The summed E-state index contributed by atoms with van der Waals surface area (Å²) in [5, 5.41) is 2.99. The van der Waals surface area contributed by atoms with Crippen molar-refractivity contribution in [3.63, 3.8) is 0 Å². The van der Waals surface area contributed by atoms with Gasteiger partial charge in [0.1, 0.15) is 17.1 Å². The van der Waals surface area contributed by atoms with Crippen molar-refractivity contribution in [3.8, 4) is 5.75 Å². The molecule has 4 nitrogen and oxygen atoms in total. The standard InChI is InChI=1S/C16H17FN2O2/c1-16(15(18)20,11-6-8-14(21-2)9-7-11)19-13-5-3-4-12(17)10-13/h3-10,19H,1-2H3,(H2,18,20). The lowest BCUT2D eigenvalue weighted by atomic mass is 9.90. The topological polar surface area (TPSA) is 64.3 Å². The number of rotatable bonds is 5. The molecule has 3 N–H and O–H groups in total. The number of hydrogen-bond donors (Lipinski definition) is 2. The van der Waals surface area contributed by atoms with Gasteiger partial charge in [-0.25, -0.2) is 4.39 Å². The molecule has 0 aliphatic rings. The molecule has 2 aromatic carbocycles. The molecular weight excluding hydrogens is 271 g/mol. The minimum Gasteiger partial charge on any atom is -0.497 e. The monoisotopic (exact) mass is 288 g/mol. The molecule has 0 aliphatic carbocycles. The van der Waals surface area contributed by atoms with Crippen LogP contribution in [0.4, 0.5) is 10.1 Å². The molecular formula is C16H17FN2O2. The molecule has 1 atom stereocenters. The number of nitrogens with one attached hydrogen (secondary N) is 1. The van der Waals surface area contributed by atoms with Crippen molar-refractivity contribution in [2.75, 3.05) is 12.4 Å². The number of nitrogens with two attached hydrogens (primary N) is 1. The predicted molar refractivity (Wildman–Crippen MR) is 79.6 cm³/mol. The Morgan fingerprint density at radius 2 is 1.90 bits per heavy atom. The van der Waals surface area contributed by atoms with E-state index in [-0.39, 0.29) is 5.82 Å². The van der Waals surface area contributed by atoms with E-state index in [0.29, 0.717) is 17.0 Å². The first-order valence-electron chi connectivity index (χ1n) is 6.44. The quantitative estimate of drug-likeness (QED) is 0.889. The summed E-state index contributed by atoms with van der Waals surface area (Å²) >= 11 is 0. The minimum atomic E-state index is -1.15. The molecule has 2 aromatic rings. The first-order chi connectivity index (χ1) is 9.95. The Labute approximate surface area is 122 Å². The third-order valence-electron chi connectivity index (χ3n) is 3.38. The summed E-state index contributed by atoms with van der Waals surface area (Å²) in [5.41, 5.74) is 5.53. The van der Waals surface area contributed by atoms with E-state index in [1.807, 2.05) is 0 Å². The molecule has 21 heavy (non-hydrogen) atoms. The van der Waals surface area contributed by atoms with E-state index in [1.165, 1.54) is 12.1 Å². The Morgan fingerprint density at radius 1 is 1.24 bits per heavy atom. The molecule has 0 fully saturated rings.